The second kappa shape index (κ2) is 11.6. The van der Waals surface area contributed by atoms with Crippen molar-refractivity contribution >= 4 is 45.5 Å². The van der Waals surface area contributed by atoms with Gasteiger partial charge in [-0.05, 0) is 21.9 Å². The summed E-state index contributed by atoms with van der Waals surface area (Å²) in [7, 11) is 0. The molecule has 0 spiro atoms. The van der Waals surface area contributed by atoms with Gasteiger partial charge in [0.05, 0.1) is 5.33 Å². The first-order chi connectivity index (χ1) is 17.9. The molecule has 37 heavy (non-hydrogen) atoms. The van der Waals surface area contributed by atoms with E-state index in [4.69, 9.17) is 4.74 Å². The predicted molar refractivity (Wildman–Crippen MR) is 142 cm³/mol. The van der Waals surface area contributed by atoms with E-state index in [9.17, 15) is 24.4 Å². The standard InChI is InChI=1S/C26H22BrN3O6S/c1-2-15-14-37-25-20(28-23(32)19(29-35)18(31)13-27)24(33)30(25)21(15)26(34)36-22(16-9-5-3-6-10-16)17-11-7-4-8-12-17/h2-12,20,22,25,31H,1,13-14H2,(H,28,32)/t20?,25-/m1/s1. The van der Waals surface area contributed by atoms with Gasteiger partial charge >= 0.3 is 5.97 Å². The molecule has 0 radical (unpaired) electrons. The summed E-state index contributed by atoms with van der Waals surface area (Å²) in [4.78, 5) is 51.4. The minimum atomic E-state index is -1.02. The van der Waals surface area contributed by atoms with Crippen molar-refractivity contribution < 1.29 is 24.2 Å². The number of thioether (sulfide) groups is 1. The van der Waals surface area contributed by atoms with Crippen molar-refractivity contribution in [2.75, 3.05) is 11.1 Å². The molecule has 2 N–H and O–H groups in total. The highest BCUT2D eigenvalue weighted by Crippen LogP contribution is 2.42. The monoisotopic (exact) mass is 583 g/mol. The number of alkyl halides is 1. The van der Waals surface area contributed by atoms with Crippen LogP contribution in [0.15, 0.2) is 101 Å². The Morgan fingerprint density at radius 2 is 1.78 bits per heavy atom. The number of β-lactam (4-membered cyclic amide) rings is 1. The number of benzene rings is 2. The molecule has 4 rings (SSSR count). The summed E-state index contributed by atoms with van der Waals surface area (Å²) in [5, 5.41) is 14.0. The molecule has 0 bridgehead atoms. The van der Waals surface area contributed by atoms with Crippen LogP contribution in [0.1, 0.15) is 17.2 Å². The van der Waals surface area contributed by atoms with Crippen molar-refractivity contribution in [3.8, 4) is 0 Å². The number of fused-ring (bicyclic) bond motifs is 1. The van der Waals surface area contributed by atoms with Gasteiger partial charge in [0.1, 0.15) is 22.9 Å². The first-order valence-electron chi connectivity index (χ1n) is 11.1. The Labute approximate surface area is 225 Å². The molecule has 0 aromatic heterocycles. The zero-order chi connectivity index (χ0) is 26.5. The molecule has 1 unspecified atom stereocenters. The lowest BCUT2D eigenvalue weighted by molar-refractivity contribution is -0.154. The number of rotatable bonds is 9. The lowest BCUT2D eigenvalue weighted by Crippen LogP contribution is -2.70. The van der Waals surface area contributed by atoms with E-state index in [1.807, 2.05) is 60.7 Å². The van der Waals surface area contributed by atoms with Gasteiger partial charge in [-0.3, -0.25) is 14.5 Å². The first kappa shape index (κ1) is 26.4. The highest BCUT2D eigenvalue weighted by molar-refractivity contribution is 9.09. The molecule has 11 heteroatoms. The van der Waals surface area contributed by atoms with Crippen LogP contribution in [0.5, 0.6) is 0 Å². The van der Waals surface area contributed by atoms with Crippen molar-refractivity contribution in [2.24, 2.45) is 5.18 Å². The molecule has 2 aromatic carbocycles. The number of hydrogen-bond acceptors (Lipinski definition) is 8. The van der Waals surface area contributed by atoms with Gasteiger partial charge in [-0.15, -0.1) is 16.7 Å². The number of halogens is 1. The van der Waals surface area contributed by atoms with E-state index >= 15 is 0 Å². The summed E-state index contributed by atoms with van der Waals surface area (Å²) in [6, 6.07) is 17.5. The molecular formula is C26H22BrN3O6S. The van der Waals surface area contributed by atoms with Crippen molar-refractivity contribution in [1.82, 2.24) is 10.2 Å². The number of ether oxygens (including phenoxy) is 1. The van der Waals surface area contributed by atoms with Gasteiger partial charge in [0.25, 0.3) is 11.8 Å². The van der Waals surface area contributed by atoms with Gasteiger partial charge in [0, 0.05) is 5.75 Å². The van der Waals surface area contributed by atoms with Crippen molar-refractivity contribution in [1.29, 1.82) is 0 Å². The second-order valence-electron chi connectivity index (χ2n) is 8.07. The van der Waals surface area contributed by atoms with Crippen LogP contribution in [-0.2, 0) is 19.1 Å². The molecule has 2 atom stereocenters. The van der Waals surface area contributed by atoms with Crippen LogP contribution < -0.4 is 5.32 Å². The maximum absolute atomic E-state index is 13.6. The lowest BCUT2D eigenvalue weighted by Gasteiger charge is -2.49. The summed E-state index contributed by atoms with van der Waals surface area (Å²) in [6.07, 6.45) is 0.788. The number of aliphatic hydroxyl groups excluding tert-OH is 1. The third-order valence-electron chi connectivity index (χ3n) is 5.86. The number of allylic oxidation sites excluding steroid dienone is 2. The molecule has 9 nitrogen and oxygen atoms in total. The maximum Gasteiger partial charge on any atom is 0.356 e. The first-order valence-corrected chi connectivity index (χ1v) is 13.3. The minimum Gasteiger partial charge on any atom is -0.509 e. The van der Waals surface area contributed by atoms with E-state index in [1.54, 1.807) is 0 Å². The van der Waals surface area contributed by atoms with Crippen LogP contribution in [0.25, 0.3) is 0 Å². The van der Waals surface area contributed by atoms with Crippen molar-refractivity contribution in [2.45, 2.75) is 17.5 Å². The van der Waals surface area contributed by atoms with Crippen LogP contribution in [0, 0.1) is 4.91 Å². The Morgan fingerprint density at radius 1 is 1.19 bits per heavy atom. The third kappa shape index (κ3) is 5.23. The zero-order valence-electron chi connectivity index (χ0n) is 19.4. The Morgan fingerprint density at radius 3 is 2.30 bits per heavy atom. The van der Waals surface area contributed by atoms with Crippen molar-refractivity contribution in [3.63, 3.8) is 0 Å². The molecule has 2 aromatic rings. The number of carbonyl (C=O) groups excluding carboxylic acids is 3. The number of nitrogens with one attached hydrogen (secondary N) is 1. The summed E-state index contributed by atoms with van der Waals surface area (Å²) >= 11 is 4.27. The number of hydrogen-bond donors (Lipinski definition) is 2. The average molecular weight is 584 g/mol. The molecule has 2 aliphatic rings. The number of aliphatic hydroxyl groups is 1. The molecule has 2 amide bonds. The molecular weight excluding hydrogens is 562 g/mol. The Bertz CT molecular complexity index is 1260. The van der Waals surface area contributed by atoms with Crippen LogP contribution >= 0.6 is 27.7 Å². The van der Waals surface area contributed by atoms with Gasteiger partial charge in [-0.1, -0.05) is 89.2 Å². The fourth-order valence-electron chi connectivity index (χ4n) is 4.03. The van der Waals surface area contributed by atoms with Gasteiger partial charge in [-0.25, -0.2) is 4.79 Å². The smallest absolute Gasteiger partial charge is 0.356 e. The minimum absolute atomic E-state index is 0.0543. The van der Waals surface area contributed by atoms with Crippen molar-refractivity contribution in [3.05, 3.63) is 112 Å². The summed E-state index contributed by atoms with van der Waals surface area (Å²) in [5.74, 6) is -2.46. The summed E-state index contributed by atoms with van der Waals surface area (Å²) < 4.78 is 5.98. The highest BCUT2D eigenvalue weighted by Gasteiger charge is 2.54. The van der Waals surface area contributed by atoms with E-state index in [0.717, 1.165) is 11.1 Å². The molecule has 0 saturated carbocycles. The fourth-order valence-corrected chi connectivity index (χ4v) is 5.64. The molecule has 190 valence electrons. The fraction of sp³-hybridized carbons (Fsp3) is 0.192. The number of esters is 1. The van der Waals surface area contributed by atoms with Gasteiger partial charge in [0.15, 0.2) is 6.10 Å². The number of amides is 2. The summed E-state index contributed by atoms with van der Waals surface area (Å²) in [5.41, 5.74) is 1.38. The average Bonchev–Trinajstić information content (AvgIpc) is 2.94. The van der Waals surface area contributed by atoms with E-state index in [1.165, 1.54) is 22.7 Å². The van der Waals surface area contributed by atoms with Crippen LogP contribution in [0.3, 0.4) is 0 Å². The molecule has 2 aliphatic heterocycles. The Hall–Kier alpha value is -3.70. The van der Waals surface area contributed by atoms with E-state index < -0.39 is 46.8 Å². The van der Waals surface area contributed by atoms with Gasteiger partial charge < -0.3 is 15.2 Å². The quantitative estimate of drug-likeness (QED) is 0.114. The van der Waals surface area contributed by atoms with Gasteiger partial charge in [0.2, 0.25) is 5.70 Å². The van der Waals surface area contributed by atoms with E-state index in [-0.39, 0.29) is 11.0 Å². The Kier molecular flexibility index (Phi) is 8.24. The molecule has 1 fully saturated rings. The maximum atomic E-state index is 13.6. The molecule has 2 heterocycles. The highest BCUT2D eigenvalue weighted by atomic mass is 79.9. The Balaban J connectivity index is 1.59. The molecule has 1 saturated heterocycles. The normalized spacial score (nSPS) is 19.4. The number of carbonyl (C=O) groups is 3. The van der Waals surface area contributed by atoms with Crippen LogP contribution in [-0.4, -0.2) is 50.3 Å². The van der Waals surface area contributed by atoms with Crippen LogP contribution in [0.4, 0.5) is 0 Å². The molecule has 0 aliphatic carbocycles. The summed E-state index contributed by atoms with van der Waals surface area (Å²) in [6.45, 7) is 3.78. The number of nitrogens with zero attached hydrogens (tertiary/aromatic N) is 2. The van der Waals surface area contributed by atoms with E-state index in [0.29, 0.717) is 11.3 Å². The largest absolute Gasteiger partial charge is 0.509 e. The second-order valence-corrected chi connectivity index (χ2v) is 9.73. The van der Waals surface area contributed by atoms with Gasteiger partial charge in [-0.2, -0.15) is 0 Å². The lowest BCUT2D eigenvalue weighted by atomic mass is 10.0. The van der Waals surface area contributed by atoms with E-state index in [2.05, 4.69) is 33.0 Å². The van der Waals surface area contributed by atoms with Crippen LogP contribution in [0.2, 0.25) is 0 Å². The SMILES string of the molecule is C=CC1=C(C(=O)OC(c2ccccc2)c2ccccc2)N2C(=O)C(NC(=O)C(N=O)=C(O)CBr)[C@H]2SC1. The third-order valence-corrected chi connectivity index (χ3v) is 7.69. The number of nitroso groups, excluding NO2 is 1. The predicted octanol–water partition coefficient (Wildman–Crippen LogP) is 4.09. The topological polar surface area (TPSA) is 125 Å². The zero-order valence-corrected chi connectivity index (χ0v) is 21.8.